The van der Waals surface area contributed by atoms with E-state index in [2.05, 4.69) is 0 Å². The van der Waals surface area contributed by atoms with Crippen molar-refractivity contribution in [3.63, 3.8) is 0 Å². The number of benzene rings is 2. The molecule has 0 fully saturated rings. The summed E-state index contributed by atoms with van der Waals surface area (Å²) in [5.74, 6) is -0.484. The smallest absolute Gasteiger partial charge is 0.340 e. The van der Waals surface area contributed by atoms with Crippen molar-refractivity contribution in [3.05, 3.63) is 63.1 Å². The second-order valence-electron chi connectivity index (χ2n) is 4.35. The highest BCUT2D eigenvalue weighted by Gasteiger charge is 2.13. The molecule has 2 aromatic rings. The number of aryl methyl sites for hydroxylation is 1. The predicted molar refractivity (Wildman–Crippen MR) is 81.2 cm³/mol. The minimum Gasteiger partial charge on any atom is -0.457 e. The molecule has 0 unspecified atom stereocenters. The van der Waals surface area contributed by atoms with Crippen LogP contribution in [0, 0.1) is 6.92 Å². The molecule has 2 aromatic carbocycles. The number of nitrogen functional groups attached to an aromatic ring is 1. The summed E-state index contributed by atoms with van der Waals surface area (Å²) in [6, 6.07) is 10.2. The molecule has 0 saturated carbocycles. The van der Waals surface area contributed by atoms with E-state index >= 15 is 0 Å². The number of carbonyl (C=O) groups is 1. The summed E-state index contributed by atoms with van der Waals surface area (Å²) in [5.41, 5.74) is 8.12. The van der Waals surface area contributed by atoms with E-state index in [0.29, 0.717) is 26.9 Å². The number of anilines is 1. The summed E-state index contributed by atoms with van der Waals surface area (Å²) < 4.78 is 5.22. The molecule has 0 atom stereocenters. The third-order valence-corrected chi connectivity index (χ3v) is 3.51. The molecule has 104 valence electrons. The highest BCUT2D eigenvalue weighted by molar-refractivity contribution is 6.33. The van der Waals surface area contributed by atoms with E-state index in [1.165, 1.54) is 0 Å². The fraction of sp³-hybridized carbons (Fsp3) is 0.133. The summed E-state index contributed by atoms with van der Waals surface area (Å²) in [6.45, 7) is 1.88. The number of nitrogens with two attached hydrogens (primary N) is 1. The van der Waals surface area contributed by atoms with Gasteiger partial charge in [0.05, 0.1) is 5.56 Å². The van der Waals surface area contributed by atoms with Crippen molar-refractivity contribution < 1.29 is 9.53 Å². The Labute approximate surface area is 127 Å². The number of hydrogen-bond donors (Lipinski definition) is 1. The maximum Gasteiger partial charge on any atom is 0.340 e. The molecule has 3 nitrogen and oxygen atoms in total. The van der Waals surface area contributed by atoms with Crippen LogP contribution in [-0.4, -0.2) is 5.97 Å². The molecule has 0 bridgehead atoms. The van der Waals surface area contributed by atoms with Crippen LogP contribution in [0.15, 0.2) is 36.4 Å². The summed E-state index contributed by atoms with van der Waals surface area (Å²) in [7, 11) is 0. The molecule has 5 heteroatoms. The number of esters is 1. The highest BCUT2D eigenvalue weighted by Crippen LogP contribution is 2.23. The summed E-state index contributed by atoms with van der Waals surface area (Å²) in [4.78, 5) is 12.0. The average Bonchev–Trinajstić information content (AvgIpc) is 2.42. The van der Waals surface area contributed by atoms with Gasteiger partial charge in [0.1, 0.15) is 6.61 Å². The summed E-state index contributed by atoms with van der Waals surface area (Å²) in [6.07, 6.45) is 0. The molecule has 0 heterocycles. The molecule has 20 heavy (non-hydrogen) atoms. The van der Waals surface area contributed by atoms with Crippen molar-refractivity contribution in [1.82, 2.24) is 0 Å². The van der Waals surface area contributed by atoms with Crippen LogP contribution in [0.4, 0.5) is 5.69 Å². The number of ether oxygens (including phenoxy) is 1. The molecule has 0 aliphatic carbocycles. The molecule has 2 rings (SSSR count). The number of rotatable bonds is 3. The van der Waals surface area contributed by atoms with Crippen molar-refractivity contribution >= 4 is 34.9 Å². The van der Waals surface area contributed by atoms with Crippen LogP contribution in [0.25, 0.3) is 0 Å². The van der Waals surface area contributed by atoms with Crippen LogP contribution in [0.5, 0.6) is 0 Å². The van der Waals surface area contributed by atoms with E-state index in [9.17, 15) is 4.79 Å². The van der Waals surface area contributed by atoms with Gasteiger partial charge in [-0.3, -0.25) is 0 Å². The van der Waals surface area contributed by atoms with Gasteiger partial charge in [0.25, 0.3) is 0 Å². The third-order valence-electron chi connectivity index (χ3n) is 2.91. The lowest BCUT2D eigenvalue weighted by atomic mass is 10.1. The highest BCUT2D eigenvalue weighted by atomic mass is 35.5. The molecule has 0 amide bonds. The molecule has 0 aromatic heterocycles. The first-order valence-corrected chi connectivity index (χ1v) is 6.71. The largest absolute Gasteiger partial charge is 0.457 e. The SMILES string of the molecule is Cc1cccc(C(=O)OCc2cc(Cl)ccc2Cl)c1N. The molecule has 2 N–H and O–H groups in total. The van der Waals surface area contributed by atoms with Gasteiger partial charge in [-0.15, -0.1) is 0 Å². The van der Waals surface area contributed by atoms with Crippen LogP contribution in [0.3, 0.4) is 0 Å². The Balaban J connectivity index is 2.13. The van der Waals surface area contributed by atoms with Crippen molar-refractivity contribution in [3.8, 4) is 0 Å². The molecule has 0 saturated heterocycles. The zero-order valence-electron chi connectivity index (χ0n) is 10.8. The maximum absolute atomic E-state index is 12.0. The van der Waals surface area contributed by atoms with Gasteiger partial charge in [-0.2, -0.15) is 0 Å². The maximum atomic E-state index is 12.0. The Morgan fingerprint density at radius 3 is 2.75 bits per heavy atom. The van der Waals surface area contributed by atoms with Gasteiger partial charge in [0, 0.05) is 21.3 Å². The number of para-hydroxylation sites is 1. The van der Waals surface area contributed by atoms with Crippen molar-refractivity contribution in [1.29, 1.82) is 0 Å². The quantitative estimate of drug-likeness (QED) is 0.681. The van der Waals surface area contributed by atoms with Crippen LogP contribution in [-0.2, 0) is 11.3 Å². The average molecular weight is 310 g/mol. The lowest BCUT2D eigenvalue weighted by molar-refractivity contribution is 0.0474. The van der Waals surface area contributed by atoms with Gasteiger partial charge in [-0.05, 0) is 36.8 Å². The molecule has 0 aliphatic heterocycles. The minimum absolute atomic E-state index is 0.0472. The zero-order chi connectivity index (χ0) is 14.7. The minimum atomic E-state index is -0.484. The van der Waals surface area contributed by atoms with Gasteiger partial charge >= 0.3 is 5.97 Å². The van der Waals surface area contributed by atoms with Gasteiger partial charge in [-0.25, -0.2) is 4.79 Å². The first-order valence-electron chi connectivity index (χ1n) is 5.95. The van der Waals surface area contributed by atoms with Gasteiger partial charge in [0.15, 0.2) is 0 Å². The van der Waals surface area contributed by atoms with Crippen molar-refractivity contribution in [2.24, 2.45) is 0 Å². The van der Waals surface area contributed by atoms with Crippen molar-refractivity contribution in [2.75, 3.05) is 5.73 Å². The number of halogens is 2. The predicted octanol–water partition coefficient (Wildman–Crippen LogP) is 4.24. The zero-order valence-corrected chi connectivity index (χ0v) is 12.3. The van der Waals surface area contributed by atoms with E-state index in [-0.39, 0.29) is 6.61 Å². The Kier molecular flexibility index (Phi) is 4.53. The number of hydrogen-bond acceptors (Lipinski definition) is 3. The lowest BCUT2D eigenvalue weighted by Crippen LogP contribution is -2.09. The van der Waals surface area contributed by atoms with Gasteiger partial charge < -0.3 is 10.5 Å². The van der Waals surface area contributed by atoms with E-state index in [1.54, 1.807) is 30.3 Å². The van der Waals surface area contributed by atoms with Crippen LogP contribution < -0.4 is 5.73 Å². The number of carbonyl (C=O) groups excluding carboxylic acids is 1. The second-order valence-corrected chi connectivity index (χ2v) is 5.19. The van der Waals surface area contributed by atoms with Gasteiger partial charge in [-0.1, -0.05) is 35.3 Å². The Morgan fingerprint density at radius 1 is 1.25 bits per heavy atom. The first kappa shape index (κ1) is 14.7. The Morgan fingerprint density at radius 2 is 2.00 bits per heavy atom. The Hall–Kier alpha value is -1.71. The topological polar surface area (TPSA) is 52.3 Å². The molecular formula is C15H13Cl2NO2. The normalized spacial score (nSPS) is 10.3. The third kappa shape index (κ3) is 3.24. The molecule has 0 radical (unpaired) electrons. The van der Waals surface area contributed by atoms with E-state index in [0.717, 1.165) is 5.56 Å². The van der Waals surface area contributed by atoms with E-state index in [1.807, 2.05) is 13.0 Å². The van der Waals surface area contributed by atoms with E-state index in [4.69, 9.17) is 33.7 Å². The lowest BCUT2D eigenvalue weighted by Gasteiger charge is -2.09. The molecule has 0 spiro atoms. The first-order chi connectivity index (χ1) is 9.49. The standard InChI is InChI=1S/C15H13Cl2NO2/c1-9-3-2-4-12(14(9)18)15(19)20-8-10-7-11(16)5-6-13(10)17/h2-7H,8,18H2,1H3. The summed E-state index contributed by atoms with van der Waals surface area (Å²) >= 11 is 11.9. The summed E-state index contributed by atoms with van der Waals surface area (Å²) in [5, 5.41) is 1.04. The van der Waals surface area contributed by atoms with Crippen LogP contribution in [0.1, 0.15) is 21.5 Å². The molecular weight excluding hydrogens is 297 g/mol. The fourth-order valence-corrected chi connectivity index (χ4v) is 2.10. The Bertz CT molecular complexity index is 656. The van der Waals surface area contributed by atoms with Crippen LogP contribution >= 0.6 is 23.2 Å². The monoisotopic (exact) mass is 309 g/mol. The molecule has 0 aliphatic rings. The van der Waals surface area contributed by atoms with Crippen LogP contribution in [0.2, 0.25) is 10.0 Å². The van der Waals surface area contributed by atoms with Gasteiger partial charge in [0.2, 0.25) is 0 Å². The van der Waals surface area contributed by atoms with E-state index < -0.39 is 5.97 Å². The second kappa shape index (κ2) is 6.16. The fourth-order valence-electron chi connectivity index (χ4n) is 1.73. The van der Waals surface area contributed by atoms with Crippen molar-refractivity contribution in [2.45, 2.75) is 13.5 Å².